The number of carbonyl (C=O) groups is 1. The summed E-state index contributed by atoms with van der Waals surface area (Å²) in [5.41, 5.74) is 0.856. The molecule has 0 aliphatic rings. The van der Waals surface area contributed by atoms with E-state index in [9.17, 15) is 4.79 Å². The fourth-order valence-electron chi connectivity index (χ4n) is 2.45. The van der Waals surface area contributed by atoms with Crippen molar-refractivity contribution in [2.75, 3.05) is 6.54 Å². The van der Waals surface area contributed by atoms with Crippen molar-refractivity contribution >= 4 is 21.8 Å². The molecule has 6 nitrogen and oxygen atoms in total. The molecule has 0 aliphatic heterocycles. The Morgan fingerprint density at radius 1 is 1.33 bits per heavy atom. The molecule has 0 bridgehead atoms. The zero-order valence-electron chi connectivity index (χ0n) is 14.2. The summed E-state index contributed by atoms with van der Waals surface area (Å²) >= 11 is 3.47. The molecule has 0 aliphatic carbocycles. The number of nitrogens with zero attached hydrogens (tertiary/aromatic N) is 4. The van der Waals surface area contributed by atoms with Gasteiger partial charge in [0.15, 0.2) is 0 Å². The molecule has 0 fully saturated rings. The Morgan fingerprint density at radius 3 is 2.83 bits per heavy atom. The maximum atomic E-state index is 12.1. The summed E-state index contributed by atoms with van der Waals surface area (Å²) in [6.07, 6.45) is 4.62. The molecule has 2 aromatic rings. The van der Waals surface area contributed by atoms with E-state index in [1.807, 2.05) is 24.3 Å². The van der Waals surface area contributed by atoms with Gasteiger partial charge < -0.3 is 5.32 Å². The Kier molecular flexibility index (Phi) is 7.36. The van der Waals surface area contributed by atoms with Gasteiger partial charge in [-0.1, -0.05) is 61.2 Å². The Bertz CT molecular complexity index is 658. The van der Waals surface area contributed by atoms with Crippen LogP contribution in [-0.4, -0.2) is 32.7 Å². The number of unbranched alkanes of at least 4 members (excludes halogenated alkanes) is 1. The van der Waals surface area contributed by atoms with Crippen molar-refractivity contribution in [3.8, 4) is 11.4 Å². The number of rotatable bonds is 9. The molecule has 1 aromatic carbocycles. The number of benzene rings is 1. The maximum Gasteiger partial charge on any atom is 0.243 e. The summed E-state index contributed by atoms with van der Waals surface area (Å²) in [6, 6.07) is 7.66. The molecule has 7 heteroatoms. The van der Waals surface area contributed by atoms with Crippen molar-refractivity contribution in [2.45, 2.75) is 46.1 Å². The van der Waals surface area contributed by atoms with Crippen molar-refractivity contribution < 1.29 is 4.79 Å². The summed E-state index contributed by atoms with van der Waals surface area (Å²) in [5, 5.41) is 15.2. The molecular formula is C17H24BrN5O. The van der Waals surface area contributed by atoms with Gasteiger partial charge in [0, 0.05) is 16.6 Å². The van der Waals surface area contributed by atoms with Gasteiger partial charge in [0.05, 0.1) is 0 Å². The third-order valence-electron chi connectivity index (χ3n) is 3.98. The van der Waals surface area contributed by atoms with Crippen LogP contribution in [0.2, 0.25) is 0 Å². The van der Waals surface area contributed by atoms with Crippen molar-refractivity contribution in [3.63, 3.8) is 0 Å². The molecule has 1 amide bonds. The predicted octanol–water partition coefficient (Wildman–Crippen LogP) is 3.44. The van der Waals surface area contributed by atoms with Gasteiger partial charge in [-0.05, 0) is 29.7 Å². The van der Waals surface area contributed by atoms with Crippen LogP contribution in [0.25, 0.3) is 11.4 Å². The van der Waals surface area contributed by atoms with Gasteiger partial charge in [-0.2, -0.15) is 4.80 Å². The molecular weight excluding hydrogens is 370 g/mol. The molecule has 24 heavy (non-hydrogen) atoms. The van der Waals surface area contributed by atoms with E-state index in [1.165, 1.54) is 17.6 Å². The van der Waals surface area contributed by atoms with Crippen molar-refractivity contribution in [2.24, 2.45) is 5.92 Å². The third kappa shape index (κ3) is 5.40. The van der Waals surface area contributed by atoms with Crippen LogP contribution in [0.4, 0.5) is 0 Å². The third-order valence-corrected chi connectivity index (χ3v) is 4.68. The molecule has 1 N–H and O–H groups in total. The van der Waals surface area contributed by atoms with E-state index < -0.39 is 0 Å². The maximum absolute atomic E-state index is 12.1. The first-order valence-electron chi connectivity index (χ1n) is 8.43. The molecule has 1 heterocycles. The van der Waals surface area contributed by atoms with Gasteiger partial charge in [-0.15, -0.1) is 10.2 Å². The van der Waals surface area contributed by atoms with Crippen LogP contribution in [-0.2, 0) is 11.3 Å². The quantitative estimate of drug-likeness (QED) is 0.707. The van der Waals surface area contributed by atoms with Gasteiger partial charge in [0.2, 0.25) is 11.7 Å². The normalized spacial score (nSPS) is 12.1. The molecule has 1 aromatic heterocycles. The van der Waals surface area contributed by atoms with E-state index >= 15 is 0 Å². The zero-order valence-corrected chi connectivity index (χ0v) is 15.8. The van der Waals surface area contributed by atoms with Crippen LogP contribution in [0.15, 0.2) is 28.7 Å². The minimum absolute atomic E-state index is 0.0824. The Balaban J connectivity index is 1.88. The van der Waals surface area contributed by atoms with Gasteiger partial charge in [-0.25, -0.2) is 0 Å². The molecule has 1 atom stereocenters. The smallest absolute Gasteiger partial charge is 0.243 e. The first kappa shape index (κ1) is 18.6. The Hall–Kier alpha value is -1.76. The summed E-state index contributed by atoms with van der Waals surface area (Å²) in [7, 11) is 0. The highest BCUT2D eigenvalue weighted by Crippen LogP contribution is 2.24. The second-order valence-electron chi connectivity index (χ2n) is 5.84. The van der Waals surface area contributed by atoms with Crippen molar-refractivity contribution in [1.29, 1.82) is 0 Å². The molecule has 0 saturated carbocycles. The second-order valence-corrected chi connectivity index (χ2v) is 6.70. The fraction of sp³-hybridized carbons (Fsp3) is 0.529. The second kappa shape index (κ2) is 9.52. The molecule has 0 spiro atoms. The lowest BCUT2D eigenvalue weighted by Gasteiger charge is -2.14. The highest BCUT2D eigenvalue weighted by Gasteiger charge is 2.12. The fourth-order valence-corrected chi connectivity index (χ4v) is 2.91. The van der Waals surface area contributed by atoms with Gasteiger partial charge >= 0.3 is 0 Å². The first-order valence-corrected chi connectivity index (χ1v) is 9.22. The van der Waals surface area contributed by atoms with E-state index in [-0.39, 0.29) is 12.5 Å². The van der Waals surface area contributed by atoms with Crippen LogP contribution in [0, 0.1) is 5.92 Å². The largest absolute Gasteiger partial charge is 0.354 e. The lowest BCUT2D eigenvalue weighted by atomic mass is 9.99. The number of carbonyl (C=O) groups excluding carboxylic acids is 1. The zero-order chi connectivity index (χ0) is 17.4. The number of amides is 1. The molecule has 130 valence electrons. The summed E-state index contributed by atoms with van der Waals surface area (Å²) in [4.78, 5) is 13.4. The minimum atomic E-state index is -0.0824. The molecule has 0 radical (unpaired) electrons. The average molecular weight is 394 g/mol. The van der Waals surface area contributed by atoms with E-state index in [0.717, 1.165) is 22.9 Å². The highest BCUT2D eigenvalue weighted by molar-refractivity contribution is 9.10. The summed E-state index contributed by atoms with van der Waals surface area (Å²) in [6.45, 7) is 5.14. The number of halogens is 1. The molecule has 2 rings (SSSR count). The number of hydrogen-bond acceptors (Lipinski definition) is 4. The number of aromatic nitrogens is 4. The van der Waals surface area contributed by atoms with Crippen LogP contribution in [0.3, 0.4) is 0 Å². The van der Waals surface area contributed by atoms with Gasteiger partial charge in [0.25, 0.3) is 0 Å². The lowest BCUT2D eigenvalue weighted by molar-refractivity contribution is -0.122. The Labute approximate surface area is 151 Å². The monoisotopic (exact) mass is 393 g/mol. The Morgan fingerprint density at radius 2 is 2.12 bits per heavy atom. The topological polar surface area (TPSA) is 72.7 Å². The minimum Gasteiger partial charge on any atom is -0.354 e. The molecule has 0 saturated heterocycles. The lowest BCUT2D eigenvalue weighted by Crippen LogP contribution is -2.32. The number of tetrazole rings is 1. The predicted molar refractivity (Wildman–Crippen MR) is 97.3 cm³/mol. The van der Waals surface area contributed by atoms with E-state index in [4.69, 9.17) is 0 Å². The van der Waals surface area contributed by atoms with E-state index in [0.29, 0.717) is 18.3 Å². The first-order chi connectivity index (χ1) is 11.6. The van der Waals surface area contributed by atoms with Gasteiger partial charge in [-0.3, -0.25) is 4.79 Å². The van der Waals surface area contributed by atoms with Crippen molar-refractivity contribution in [1.82, 2.24) is 25.5 Å². The molecule has 0 unspecified atom stereocenters. The van der Waals surface area contributed by atoms with E-state index in [2.05, 4.69) is 50.5 Å². The number of nitrogens with one attached hydrogen (secondary N) is 1. The summed E-state index contributed by atoms with van der Waals surface area (Å²) < 4.78 is 0.899. The average Bonchev–Trinajstić information content (AvgIpc) is 3.03. The SMILES string of the molecule is CCCC[C@@H](CC)CNC(=O)Cn1nnc(-c2ccccc2Br)n1. The standard InChI is InChI=1S/C17H24BrN5O/c1-3-5-8-13(4-2)11-19-16(24)12-23-21-17(20-22-23)14-9-6-7-10-15(14)18/h6-7,9-10,13H,3-5,8,11-12H2,1-2H3,(H,19,24)/t13-/m1/s1. The van der Waals surface area contributed by atoms with Crippen LogP contribution in [0.5, 0.6) is 0 Å². The number of hydrogen-bond donors (Lipinski definition) is 1. The van der Waals surface area contributed by atoms with Crippen LogP contribution < -0.4 is 5.32 Å². The van der Waals surface area contributed by atoms with Crippen molar-refractivity contribution in [3.05, 3.63) is 28.7 Å². The van der Waals surface area contributed by atoms with E-state index in [1.54, 1.807) is 0 Å². The van der Waals surface area contributed by atoms with Crippen LogP contribution in [0.1, 0.15) is 39.5 Å². The summed E-state index contributed by atoms with van der Waals surface area (Å²) in [5.74, 6) is 0.958. The van der Waals surface area contributed by atoms with Crippen LogP contribution >= 0.6 is 15.9 Å². The highest BCUT2D eigenvalue weighted by atomic mass is 79.9. The van der Waals surface area contributed by atoms with Gasteiger partial charge in [0.1, 0.15) is 6.54 Å².